The molecule has 1 heterocycles. The first-order valence-electron chi connectivity index (χ1n) is 16.8. The number of hydrogen-bond acceptors (Lipinski definition) is 6. The molecule has 6 unspecified atom stereocenters. The lowest BCUT2D eigenvalue weighted by molar-refractivity contribution is -0.135. The third-order valence-corrected chi connectivity index (χ3v) is 11.7. The number of phenolic OH excluding ortho intramolecular Hbond substituents is 1. The van der Waals surface area contributed by atoms with E-state index in [9.17, 15) is 14.7 Å². The molecule has 6 atom stereocenters. The van der Waals surface area contributed by atoms with Crippen molar-refractivity contribution in [2.24, 2.45) is 23.7 Å². The summed E-state index contributed by atoms with van der Waals surface area (Å²) in [5.41, 5.74) is 2.93. The number of carbonyl (C=O) groups excluding carboxylic acids is 4. The highest BCUT2D eigenvalue weighted by molar-refractivity contribution is 6.33. The van der Waals surface area contributed by atoms with Gasteiger partial charge in [-0.2, -0.15) is 0 Å². The Morgan fingerprint density at radius 1 is 0.860 bits per heavy atom. The van der Waals surface area contributed by atoms with Crippen LogP contribution in [0, 0.1) is 30.6 Å². The Morgan fingerprint density at radius 3 is 2.26 bits per heavy atom. The Balaban J connectivity index is 1.36. The van der Waals surface area contributed by atoms with Gasteiger partial charge in [0, 0.05) is 22.4 Å². The van der Waals surface area contributed by atoms with Crippen LogP contribution in [-0.2, 0) is 24.6 Å². The van der Waals surface area contributed by atoms with E-state index in [0.29, 0.717) is 39.4 Å². The lowest BCUT2D eigenvalue weighted by Gasteiger charge is -2.55. The fourth-order valence-corrected chi connectivity index (χ4v) is 9.29. The maximum absolute atomic E-state index is 15.1. The molecule has 0 bridgehead atoms. The molecule has 250 valence electrons. The van der Waals surface area contributed by atoms with E-state index in [1.807, 2.05) is 79.7 Å². The summed E-state index contributed by atoms with van der Waals surface area (Å²) in [7, 11) is 1.46. The minimum Gasteiger partial charge on any atom is -0.504 e. The number of amides is 2. The van der Waals surface area contributed by atoms with Crippen LogP contribution in [0.2, 0.25) is 5.02 Å². The lowest BCUT2D eigenvalue weighted by atomic mass is 9.44. The fraction of sp³-hybridized carbons (Fsp3) is 0.238. The maximum atomic E-state index is 15.1. The molecule has 1 saturated heterocycles. The average molecular weight is 684 g/mol. The van der Waals surface area contributed by atoms with E-state index in [-0.39, 0.29) is 41.3 Å². The van der Waals surface area contributed by atoms with Gasteiger partial charge in [0.2, 0.25) is 11.8 Å². The molecule has 0 aromatic heterocycles. The molecule has 1 N–H and O–H groups in total. The number of nitrogens with zero attached hydrogens (tertiary/aromatic N) is 1. The molecular formula is C42H34ClNO6. The van der Waals surface area contributed by atoms with Gasteiger partial charge < -0.3 is 9.84 Å². The molecule has 3 aliphatic carbocycles. The largest absolute Gasteiger partial charge is 0.504 e. The summed E-state index contributed by atoms with van der Waals surface area (Å²) < 4.78 is 5.37. The Labute approximate surface area is 294 Å². The van der Waals surface area contributed by atoms with Crippen molar-refractivity contribution in [3.05, 3.63) is 142 Å². The number of anilines is 1. The number of rotatable bonds is 5. The molecule has 8 heteroatoms. The van der Waals surface area contributed by atoms with Crippen molar-refractivity contribution in [3.8, 4) is 11.5 Å². The van der Waals surface area contributed by atoms with E-state index in [1.165, 1.54) is 18.1 Å². The first-order chi connectivity index (χ1) is 24.2. The second-order valence-electron chi connectivity index (χ2n) is 13.7. The number of hydrogen-bond donors (Lipinski definition) is 1. The summed E-state index contributed by atoms with van der Waals surface area (Å²) in [5, 5.41) is 11.5. The van der Waals surface area contributed by atoms with Crippen molar-refractivity contribution in [1.82, 2.24) is 0 Å². The quantitative estimate of drug-likeness (QED) is 0.174. The Morgan fingerprint density at radius 2 is 1.58 bits per heavy atom. The number of ketones is 2. The summed E-state index contributed by atoms with van der Waals surface area (Å²) in [5.74, 6) is -4.42. The molecular weight excluding hydrogens is 650 g/mol. The number of carbonyl (C=O) groups is 4. The number of fused-ring (bicyclic) bond motifs is 4. The van der Waals surface area contributed by atoms with Gasteiger partial charge in [-0.15, -0.1) is 0 Å². The van der Waals surface area contributed by atoms with E-state index < -0.39 is 35.0 Å². The van der Waals surface area contributed by atoms with E-state index in [0.717, 1.165) is 11.1 Å². The lowest BCUT2D eigenvalue weighted by Crippen LogP contribution is -2.58. The van der Waals surface area contributed by atoms with Gasteiger partial charge in [0.15, 0.2) is 23.1 Å². The van der Waals surface area contributed by atoms with Crippen LogP contribution in [0.4, 0.5) is 5.69 Å². The average Bonchev–Trinajstić information content (AvgIpc) is 3.39. The second kappa shape index (κ2) is 12.0. The van der Waals surface area contributed by atoms with Gasteiger partial charge in [-0.25, -0.2) is 4.90 Å². The van der Waals surface area contributed by atoms with Crippen molar-refractivity contribution >= 4 is 46.2 Å². The molecule has 2 amide bonds. The molecule has 1 aliphatic heterocycles. The number of phenols is 1. The van der Waals surface area contributed by atoms with Crippen molar-refractivity contribution in [2.75, 3.05) is 12.0 Å². The smallest absolute Gasteiger partial charge is 0.238 e. The molecule has 1 saturated carbocycles. The van der Waals surface area contributed by atoms with Gasteiger partial charge in [0.25, 0.3) is 0 Å². The minimum atomic E-state index is -1.39. The van der Waals surface area contributed by atoms with Gasteiger partial charge in [-0.05, 0) is 78.3 Å². The fourth-order valence-electron chi connectivity index (χ4n) is 9.11. The van der Waals surface area contributed by atoms with Crippen LogP contribution in [0.5, 0.6) is 11.5 Å². The minimum absolute atomic E-state index is 0.106. The molecule has 0 radical (unpaired) electrons. The van der Waals surface area contributed by atoms with Crippen LogP contribution in [0.1, 0.15) is 41.0 Å². The van der Waals surface area contributed by atoms with E-state index >= 15 is 9.59 Å². The summed E-state index contributed by atoms with van der Waals surface area (Å²) in [6.07, 6.45) is 3.97. The van der Waals surface area contributed by atoms with Crippen LogP contribution >= 0.6 is 11.6 Å². The van der Waals surface area contributed by atoms with E-state index in [1.54, 1.807) is 30.3 Å². The zero-order chi connectivity index (χ0) is 34.9. The van der Waals surface area contributed by atoms with Crippen molar-refractivity contribution in [2.45, 2.75) is 31.1 Å². The predicted octanol–water partition coefficient (Wildman–Crippen LogP) is 7.39. The Bertz CT molecular complexity index is 2160. The molecule has 4 aromatic carbocycles. The molecule has 50 heavy (non-hydrogen) atoms. The Kier molecular flexibility index (Phi) is 7.64. The van der Waals surface area contributed by atoms with Crippen molar-refractivity contribution in [3.63, 3.8) is 0 Å². The summed E-state index contributed by atoms with van der Waals surface area (Å²) in [6.45, 7) is 1.86. The molecule has 4 aromatic rings. The monoisotopic (exact) mass is 683 g/mol. The van der Waals surface area contributed by atoms with Crippen LogP contribution in [0.15, 0.2) is 115 Å². The number of halogens is 1. The molecule has 7 nitrogen and oxygen atoms in total. The van der Waals surface area contributed by atoms with Crippen LogP contribution in [0.25, 0.3) is 5.57 Å². The predicted molar refractivity (Wildman–Crippen MR) is 190 cm³/mol. The first-order valence-corrected chi connectivity index (χ1v) is 17.2. The molecule has 2 fully saturated rings. The normalized spacial score (nSPS) is 27.3. The van der Waals surface area contributed by atoms with Gasteiger partial charge in [-0.1, -0.05) is 96.0 Å². The maximum Gasteiger partial charge on any atom is 0.238 e. The number of aryl methyl sites for hydroxylation is 1. The Hall–Kier alpha value is -5.27. The molecule has 0 spiro atoms. The van der Waals surface area contributed by atoms with Gasteiger partial charge in [-0.3, -0.25) is 19.2 Å². The summed E-state index contributed by atoms with van der Waals surface area (Å²) >= 11 is 6.45. The number of allylic oxidation sites excluding steroid dienone is 4. The third-order valence-electron chi connectivity index (χ3n) is 11.3. The van der Waals surface area contributed by atoms with Gasteiger partial charge >= 0.3 is 0 Å². The number of Topliss-reactive ketones (excluding diaryl/α,β-unsaturated/α-hetero) is 1. The number of benzene rings is 4. The highest BCUT2D eigenvalue weighted by atomic mass is 35.5. The van der Waals surface area contributed by atoms with Crippen molar-refractivity contribution in [1.29, 1.82) is 0 Å². The summed E-state index contributed by atoms with van der Waals surface area (Å²) in [6, 6.07) is 28.7. The SMILES string of the molecule is COc1ccc(C2C3=CCC4C(=O)N(c5ccc(C)c(Cl)c5)C(=O)C4C3CC3C(=O)C(c4ccccc4)=CC(=O)C32c2ccccc2)cc1O. The third kappa shape index (κ3) is 4.56. The zero-order valence-electron chi connectivity index (χ0n) is 27.5. The topological polar surface area (TPSA) is 101 Å². The standard InChI is InChI=1S/C42H34ClNO6/c1-23-13-15-27(20-33(23)43)44-40(48)29-17-16-28-31(37(29)41(44)49)21-32-39(47)30(24-9-5-3-6-10-24)22-36(46)42(32,26-11-7-4-8-12-26)38(28)25-14-18-35(50-2)34(45)19-25/h3-16,18-20,22,29,31-32,37-38,45H,17,21H2,1-2H3. The molecule has 8 rings (SSSR count). The summed E-state index contributed by atoms with van der Waals surface area (Å²) in [4.78, 5) is 60.0. The number of methoxy groups -OCH3 is 1. The van der Waals surface area contributed by atoms with E-state index in [2.05, 4.69) is 0 Å². The van der Waals surface area contributed by atoms with Crippen LogP contribution in [0.3, 0.4) is 0 Å². The highest BCUT2D eigenvalue weighted by Gasteiger charge is 2.66. The zero-order valence-corrected chi connectivity index (χ0v) is 28.3. The van der Waals surface area contributed by atoms with Crippen LogP contribution < -0.4 is 9.64 Å². The van der Waals surface area contributed by atoms with E-state index in [4.69, 9.17) is 16.3 Å². The van der Waals surface area contributed by atoms with Crippen LogP contribution in [-0.4, -0.2) is 35.6 Å². The van der Waals surface area contributed by atoms with Gasteiger partial charge in [0.05, 0.1) is 30.0 Å². The van der Waals surface area contributed by atoms with Gasteiger partial charge in [0.1, 0.15) is 0 Å². The number of ether oxygens (including phenoxy) is 1. The first kappa shape index (κ1) is 32.0. The molecule has 4 aliphatic rings. The van der Waals surface area contributed by atoms with Crippen molar-refractivity contribution < 1.29 is 29.0 Å². The number of imide groups is 1. The number of aromatic hydroxyl groups is 1. The highest BCUT2D eigenvalue weighted by Crippen LogP contribution is 2.64. The second-order valence-corrected chi connectivity index (χ2v) is 14.1.